The molecule has 0 N–H and O–H groups in total. The van der Waals surface area contributed by atoms with Gasteiger partial charge in [0, 0.05) is 12.8 Å². The van der Waals surface area contributed by atoms with Gasteiger partial charge in [-0.25, -0.2) is 0 Å². The molecular formula is C15H22O3. The molecule has 3 rings (SSSR count). The van der Waals surface area contributed by atoms with Crippen LogP contribution in [-0.4, -0.2) is 18.9 Å². The topological polar surface area (TPSA) is 43.4 Å². The van der Waals surface area contributed by atoms with Crippen molar-refractivity contribution in [2.45, 2.75) is 58.3 Å². The lowest BCUT2D eigenvalue weighted by molar-refractivity contribution is -0.152. The van der Waals surface area contributed by atoms with E-state index in [0.29, 0.717) is 18.6 Å². The quantitative estimate of drug-likeness (QED) is 0.672. The van der Waals surface area contributed by atoms with Gasteiger partial charge in [-0.15, -0.1) is 0 Å². The van der Waals surface area contributed by atoms with Gasteiger partial charge in [-0.2, -0.15) is 0 Å². The Bertz CT molecular complexity index is 388. The Morgan fingerprint density at radius 3 is 2.06 bits per heavy atom. The van der Waals surface area contributed by atoms with Gasteiger partial charge >= 0.3 is 5.97 Å². The van der Waals surface area contributed by atoms with E-state index in [1.807, 2.05) is 6.92 Å². The zero-order valence-corrected chi connectivity index (χ0v) is 11.4. The third-order valence-corrected chi connectivity index (χ3v) is 5.89. The lowest BCUT2D eigenvalue weighted by Gasteiger charge is -2.44. The van der Waals surface area contributed by atoms with Gasteiger partial charge in [0.25, 0.3) is 0 Å². The Labute approximate surface area is 108 Å². The number of Topliss-reactive ketones (excluding diaryl/α,β-unsaturated/α-hetero) is 1. The Morgan fingerprint density at radius 1 is 1.11 bits per heavy atom. The zero-order chi connectivity index (χ0) is 13.0. The van der Waals surface area contributed by atoms with Gasteiger partial charge < -0.3 is 4.74 Å². The van der Waals surface area contributed by atoms with Crippen molar-refractivity contribution in [2.24, 2.45) is 16.2 Å². The summed E-state index contributed by atoms with van der Waals surface area (Å²) in [4.78, 5) is 24.0. The normalized spacial score (nSPS) is 46.7. The highest BCUT2D eigenvalue weighted by Crippen LogP contribution is 2.72. The van der Waals surface area contributed by atoms with Crippen molar-refractivity contribution in [2.75, 3.05) is 7.11 Å². The maximum Gasteiger partial charge on any atom is 0.311 e. The fraction of sp³-hybridized carbons (Fsp3) is 0.867. The Hall–Kier alpha value is -0.860. The van der Waals surface area contributed by atoms with E-state index in [9.17, 15) is 9.59 Å². The van der Waals surface area contributed by atoms with Crippen LogP contribution in [0.3, 0.4) is 0 Å². The number of esters is 1. The SMILES string of the molecule is COC(=O)C1(C)C[C@@]23CCCC[C@@]2(CC(=O)C3)C1. The molecule has 0 radical (unpaired) electrons. The van der Waals surface area contributed by atoms with Gasteiger partial charge in [-0.05, 0) is 43.4 Å². The van der Waals surface area contributed by atoms with Crippen LogP contribution in [0.2, 0.25) is 0 Å². The number of ketones is 1. The minimum absolute atomic E-state index is 0.0787. The molecule has 3 aliphatic rings. The van der Waals surface area contributed by atoms with Crippen LogP contribution in [0.5, 0.6) is 0 Å². The van der Waals surface area contributed by atoms with E-state index in [1.54, 1.807) is 0 Å². The van der Waals surface area contributed by atoms with Gasteiger partial charge in [0.2, 0.25) is 0 Å². The molecule has 0 bridgehead atoms. The fourth-order valence-corrected chi connectivity index (χ4v) is 5.45. The maximum absolute atomic E-state index is 12.1. The van der Waals surface area contributed by atoms with Crippen LogP contribution in [0.25, 0.3) is 0 Å². The molecule has 3 nitrogen and oxygen atoms in total. The molecule has 18 heavy (non-hydrogen) atoms. The number of ether oxygens (including phenoxy) is 1. The Balaban J connectivity index is 2.00. The number of carbonyl (C=O) groups is 2. The van der Waals surface area contributed by atoms with Crippen molar-refractivity contribution in [3.05, 3.63) is 0 Å². The molecule has 0 aromatic heterocycles. The van der Waals surface area contributed by atoms with E-state index < -0.39 is 0 Å². The van der Waals surface area contributed by atoms with Crippen LogP contribution in [0, 0.1) is 16.2 Å². The summed E-state index contributed by atoms with van der Waals surface area (Å²) in [6, 6.07) is 0. The van der Waals surface area contributed by atoms with Gasteiger partial charge in [0.15, 0.2) is 0 Å². The van der Waals surface area contributed by atoms with E-state index in [-0.39, 0.29) is 22.2 Å². The average Bonchev–Trinajstić information content (AvgIpc) is 2.72. The molecule has 0 amide bonds. The molecule has 0 aromatic carbocycles. The lowest BCUT2D eigenvalue weighted by atomic mass is 9.60. The van der Waals surface area contributed by atoms with Crippen molar-refractivity contribution in [3.8, 4) is 0 Å². The Morgan fingerprint density at radius 2 is 1.61 bits per heavy atom. The van der Waals surface area contributed by atoms with E-state index in [0.717, 1.165) is 25.7 Å². The number of methoxy groups -OCH3 is 1. The lowest BCUT2D eigenvalue weighted by Crippen LogP contribution is -2.35. The fourth-order valence-electron chi connectivity index (χ4n) is 5.45. The van der Waals surface area contributed by atoms with E-state index >= 15 is 0 Å². The molecule has 1 unspecified atom stereocenters. The summed E-state index contributed by atoms with van der Waals surface area (Å²) < 4.78 is 5.00. The first-order valence-electron chi connectivity index (χ1n) is 7.06. The van der Waals surface area contributed by atoms with E-state index in [1.165, 1.54) is 20.0 Å². The number of carbonyl (C=O) groups excluding carboxylic acids is 2. The predicted molar refractivity (Wildman–Crippen MR) is 66.9 cm³/mol. The van der Waals surface area contributed by atoms with Crippen LogP contribution in [0.1, 0.15) is 58.3 Å². The minimum Gasteiger partial charge on any atom is -0.469 e. The van der Waals surface area contributed by atoms with Crippen LogP contribution in [0.15, 0.2) is 0 Å². The number of rotatable bonds is 1. The molecule has 3 atom stereocenters. The third kappa shape index (κ3) is 1.36. The Kier molecular flexibility index (Phi) is 2.43. The monoisotopic (exact) mass is 250 g/mol. The summed E-state index contributed by atoms with van der Waals surface area (Å²) >= 11 is 0. The van der Waals surface area contributed by atoms with Crippen molar-refractivity contribution in [1.82, 2.24) is 0 Å². The largest absolute Gasteiger partial charge is 0.469 e. The summed E-state index contributed by atoms with van der Waals surface area (Å²) in [5.74, 6) is 0.341. The minimum atomic E-state index is -0.361. The van der Waals surface area contributed by atoms with Gasteiger partial charge in [0.1, 0.15) is 5.78 Å². The zero-order valence-electron chi connectivity index (χ0n) is 11.4. The van der Waals surface area contributed by atoms with E-state index in [2.05, 4.69) is 0 Å². The van der Waals surface area contributed by atoms with Crippen molar-refractivity contribution < 1.29 is 14.3 Å². The number of hydrogen-bond donors (Lipinski definition) is 0. The van der Waals surface area contributed by atoms with Gasteiger partial charge in [-0.3, -0.25) is 9.59 Å². The molecule has 0 saturated heterocycles. The summed E-state index contributed by atoms with van der Waals surface area (Å²) in [5.41, 5.74) is -0.129. The molecule has 0 aromatic rings. The van der Waals surface area contributed by atoms with Crippen LogP contribution >= 0.6 is 0 Å². The molecule has 0 aliphatic heterocycles. The van der Waals surface area contributed by atoms with Crippen molar-refractivity contribution >= 4 is 11.8 Å². The molecule has 3 fully saturated rings. The van der Waals surface area contributed by atoms with Crippen LogP contribution in [-0.2, 0) is 14.3 Å². The second-order valence-corrected chi connectivity index (χ2v) is 7.07. The molecular weight excluding hydrogens is 228 g/mol. The van der Waals surface area contributed by atoms with Crippen LogP contribution < -0.4 is 0 Å². The van der Waals surface area contributed by atoms with Crippen molar-refractivity contribution in [1.29, 1.82) is 0 Å². The summed E-state index contributed by atoms with van der Waals surface area (Å²) in [6.07, 6.45) is 7.82. The average molecular weight is 250 g/mol. The molecule has 3 aliphatic carbocycles. The van der Waals surface area contributed by atoms with Crippen molar-refractivity contribution in [3.63, 3.8) is 0 Å². The maximum atomic E-state index is 12.1. The highest BCUT2D eigenvalue weighted by Gasteiger charge is 2.68. The molecule has 3 saturated carbocycles. The second-order valence-electron chi connectivity index (χ2n) is 7.07. The third-order valence-electron chi connectivity index (χ3n) is 5.89. The van der Waals surface area contributed by atoms with Gasteiger partial charge in [0.05, 0.1) is 12.5 Å². The second kappa shape index (κ2) is 3.58. The van der Waals surface area contributed by atoms with Crippen LogP contribution in [0.4, 0.5) is 0 Å². The summed E-state index contributed by atoms with van der Waals surface area (Å²) in [7, 11) is 1.48. The standard InChI is InChI=1S/C15H22O3/c1-13(12(17)18-2)9-14-5-3-4-6-15(14,10-13)8-11(16)7-14/h3-10H2,1-2H3/t13?,14-,15+. The highest BCUT2D eigenvalue weighted by molar-refractivity contribution is 5.85. The summed E-state index contributed by atoms with van der Waals surface area (Å²) in [6.45, 7) is 2.04. The molecule has 0 heterocycles. The highest BCUT2D eigenvalue weighted by atomic mass is 16.5. The van der Waals surface area contributed by atoms with Gasteiger partial charge in [-0.1, -0.05) is 12.8 Å². The molecule has 100 valence electrons. The first-order valence-corrected chi connectivity index (χ1v) is 7.06. The smallest absolute Gasteiger partial charge is 0.311 e. The molecule has 3 heteroatoms. The van der Waals surface area contributed by atoms with E-state index in [4.69, 9.17) is 4.74 Å². The summed E-state index contributed by atoms with van der Waals surface area (Å²) in [5, 5.41) is 0. The molecule has 0 spiro atoms. The first kappa shape index (κ1) is 12.2. The number of hydrogen-bond acceptors (Lipinski definition) is 3. The predicted octanol–water partition coefficient (Wildman–Crippen LogP) is 2.87. The first-order chi connectivity index (χ1) is 8.45.